The van der Waals surface area contributed by atoms with Crippen LogP contribution >= 0.6 is 0 Å². The second-order valence-electron chi connectivity index (χ2n) is 7.46. The summed E-state index contributed by atoms with van der Waals surface area (Å²) < 4.78 is 0. The predicted molar refractivity (Wildman–Crippen MR) is 94.4 cm³/mol. The van der Waals surface area contributed by atoms with E-state index in [1.807, 2.05) is 20.8 Å². The normalized spacial score (nSPS) is 17.9. The third-order valence-electron chi connectivity index (χ3n) is 4.30. The van der Waals surface area contributed by atoms with Gasteiger partial charge in [-0.15, -0.1) is 0 Å². The van der Waals surface area contributed by atoms with Crippen molar-refractivity contribution in [2.45, 2.75) is 58.5 Å². The number of hydrogen-bond donors (Lipinski definition) is 1. The van der Waals surface area contributed by atoms with E-state index in [4.69, 9.17) is 0 Å². The van der Waals surface area contributed by atoms with Crippen LogP contribution in [0, 0.1) is 17.0 Å². The first-order valence-electron chi connectivity index (χ1n) is 8.49. The van der Waals surface area contributed by atoms with Crippen molar-refractivity contribution in [1.29, 1.82) is 0 Å². The molecule has 0 aliphatic carbocycles. The molecule has 136 valence electrons. The van der Waals surface area contributed by atoms with E-state index in [0.717, 1.165) is 12.8 Å². The summed E-state index contributed by atoms with van der Waals surface area (Å²) >= 11 is 0. The van der Waals surface area contributed by atoms with Crippen molar-refractivity contribution in [3.63, 3.8) is 0 Å². The molecule has 25 heavy (non-hydrogen) atoms. The number of carbonyl (C=O) groups excluding carboxylic acids is 2. The van der Waals surface area contributed by atoms with Gasteiger partial charge in [-0.05, 0) is 53.0 Å². The Kier molecular flexibility index (Phi) is 5.45. The average molecular weight is 347 g/mol. The van der Waals surface area contributed by atoms with E-state index in [1.54, 1.807) is 17.9 Å². The molecule has 2 rings (SSSR count). The minimum atomic E-state index is -0.542. The van der Waals surface area contributed by atoms with E-state index < -0.39 is 11.0 Å². The van der Waals surface area contributed by atoms with Gasteiger partial charge in [-0.3, -0.25) is 19.7 Å². The number of benzene rings is 1. The molecule has 1 saturated heterocycles. The second-order valence-corrected chi connectivity index (χ2v) is 7.46. The minimum absolute atomic E-state index is 0.0847. The Hall–Kier alpha value is -2.44. The molecular formula is C18H25N3O4. The molecule has 0 aromatic heterocycles. The van der Waals surface area contributed by atoms with Gasteiger partial charge in [-0.25, -0.2) is 0 Å². The molecule has 1 aliphatic heterocycles. The lowest BCUT2D eigenvalue weighted by Crippen LogP contribution is -2.55. The molecule has 7 nitrogen and oxygen atoms in total. The maximum Gasteiger partial charge on any atom is 0.273 e. The maximum atomic E-state index is 13.0. The third-order valence-corrected chi connectivity index (χ3v) is 4.30. The van der Waals surface area contributed by atoms with Crippen LogP contribution in [0.4, 0.5) is 5.69 Å². The van der Waals surface area contributed by atoms with Gasteiger partial charge >= 0.3 is 0 Å². The number of nitrogens with zero attached hydrogens (tertiary/aromatic N) is 2. The Balaban J connectivity index is 2.31. The van der Waals surface area contributed by atoms with Gasteiger partial charge in [0.2, 0.25) is 5.91 Å². The summed E-state index contributed by atoms with van der Waals surface area (Å²) in [6, 6.07) is 3.93. The fourth-order valence-electron chi connectivity index (χ4n) is 3.11. The quantitative estimate of drug-likeness (QED) is 0.672. The molecule has 1 aromatic carbocycles. The van der Waals surface area contributed by atoms with Crippen molar-refractivity contribution in [3.05, 3.63) is 39.4 Å². The maximum absolute atomic E-state index is 13.0. The average Bonchev–Trinajstić information content (AvgIpc) is 2.52. The van der Waals surface area contributed by atoms with Crippen LogP contribution in [-0.2, 0) is 4.79 Å². The Labute approximate surface area is 147 Å². The molecule has 1 N–H and O–H groups in total. The number of nitrogens with one attached hydrogen (secondary N) is 1. The molecule has 1 aliphatic rings. The lowest BCUT2D eigenvalue weighted by Gasteiger charge is -2.36. The predicted octanol–water partition coefficient (Wildman–Crippen LogP) is 2.81. The SMILES string of the molecule is Cc1c(C(=O)N2CCCCC2C(=O)NC(C)(C)C)cccc1[N+](=O)[O-]. The lowest BCUT2D eigenvalue weighted by molar-refractivity contribution is -0.385. The molecule has 0 radical (unpaired) electrons. The number of nitro groups is 1. The van der Waals surface area contributed by atoms with Gasteiger partial charge in [0.05, 0.1) is 4.92 Å². The highest BCUT2D eigenvalue weighted by molar-refractivity contribution is 5.99. The second kappa shape index (κ2) is 7.21. The summed E-state index contributed by atoms with van der Waals surface area (Å²) in [6.45, 7) is 7.72. The molecular weight excluding hydrogens is 322 g/mol. The van der Waals surface area contributed by atoms with E-state index in [2.05, 4.69) is 5.32 Å². The highest BCUT2D eigenvalue weighted by Gasteiger charge is 2.35. The van der Waals surface area contributed by atoms with Crippen LogP contribution in [0.3, 0.4) is 0 Å². The number of hydrogen-bond acceptors (Lipinski definition) is 4. The third kappa shape index (κ3) is 4.35. The first-order chi connectivity index (χ1) is 11.6. The van der Waals surface area contributed by atoms with Gasteiger partial charge in [-0.2, -0.15) is 0 Å². The van der Waals surface area contributed by atoms with Crippen molar-refractivity contribution in [2.75, 3.05) is 6.54 Å². The summed E-state index contributed by atoms with van der Waals surface area (Å²) in [5, 5.41) is 14.0. The van der Waals surface area contributed by atoms with Gasteiger partial charge in [0, 0.05) is 29.3 Å². The minimum Gasteiger partial charge on any atom is -0.350 e. The Bertz CT molecular complexity index is 694. The molecule has 0 bridgehead atoms. The lowest BCUT2D eigenvalue weighted by atomic mass is 9.97. The fraction of sp³-hybridized carbons (Fsp3) is 0.556. The molecule has 0 spiro atoms. The zero-order valence-electron chi connectivity index (χ0n) is 15.2. The Morgan fingerprint density at radius 1 is 1.28 bits per heavy atom. The summed E-state index contributed by atoms with van der Waals surface area (Å²) in [5.74, 6) is -0.501. The van der Waals surface area contributed by atoms with Crippen LogP contribution < -0.4 is 5.32 Å². The van der Waals surface area contributed by atoms with E-state index in [0.29, 0.717) is 18.5 Å². The molecule has 2 amide bonds. The number of amides is 2. The zero-order valence-corrected chi connectivity index (χ0v) is 15.2. The van der Waals surface area contributed by atoms with Gasteiger partial charge in [0.15, 0.2) is 0 Å². The van der Waals surface area contributed by atoms with Crippen molar-refractivity contribution in [3.8, 4) is 0 Å². The molecule has 1 aromatic rings. The summed E-state index contributed by atoms with van der Waals surface area (Å²) in [4.78, 5) is 37.8. The van der Waals surface area contributed by atoms with Crippen molar-refractivity contribution in [1.82, 2.24) is 10.2 Å². The zero-order chi connectivity index (χ0) is 18.8. The van der Waals surface area contributed by atoms with Gasteiger partial charge in [0.25, 0.3) is 11.6 Å². The Morgan fingerprint density at radius 3 is 2.56 bits per heavy atom. The van der Waals surface area contributed by atoms with Gasteiger partial charge < -0.3 is 10.2 Å². The van der Waals surface area contributed by atoms with Gasteiger partial charge in [-0.1, -0.05) is 6.07 Å². The largest absolute Gasteiger partial charge is 0.350 e. The standard InChI is InChI=1S/C18H25N3O4/c1-12-13(8-7-10-14(12)21(24)25)17(23)20-11-6-5-9-15(20)16(22)19-18(2,3)4/h7-8,10,15H,5-6,9,11H2,1-4H3,(H,19,22). The summed E-state index contributed by atoms with van der Waals surface area (Å²) in [6.07, 6.45) is 2.29. The highest BCUT2D eigenvalue weighted by atomic mass is 16.6. The van der Waals surface area contributed by atoms with E-state index in [-0.39, 0.29) is 28.6 Å². The molecule has 1 atom stereocenters. The molecule has 1 heterocycles. The number of rotatable bonds is 3. The number of carbonyl (C=O) groups is 2. The van der Waals surface area contributed by atoms with E-state index in [1.165, 1.54) is 12.1 Å². The first kappa shape index (κ1) is 18.9. The van der Waals surface area contributed by atoms with Crippen molar-refractivity contribution in [2.24, 2.45) is 0 Å². The van der Waals surface area contributed by atoms with Crippen LogP contribution in [0.5, 0.6) is 0 Å². The van der Waals surface area contributed by atoms with Crippen molar-refractivity contribution >= 4 is 17.5 Å². The summed E-state index contributed by atoms with van der Waals surface area (Å²) in [5.41, 5.74) is 0.145. The van der Waals surface area contributed by atoms with Crippen molar-refractivity contribution < 1.29 is 14.5 Å². The monoisotopic (exact) mass is 347 g/mol. The first-order valence-corrected chi connectivity index (χ1v) is 8.49. The van der Waals surface area contributed by atoms with Crippen LogP contribution in [0.25, 0.3) is 0 Å². The molecule has 1 unspecified atom stereocenters. The fourth-order valence-corrected chi connectivity index (χ4v) is 3.11. The van der Waals surface area contributed by atoms with Crippen LogP contribution in [0.15, 0.2) is 18.2 Å². The number of likely N-dealkylation sites (tertiary alicyclic amines) is 1. The van der Waals surface area contributed by atoms with Crippen LogP contribution in [-0.4, -0.2) is 39.8 Å². The van der Waals surface area contributed by atoms with E-state index >= 15 is 0 Å². The smallest absolute Gasteiger partial charge is 0.273 e. The molecule has 0 saturated carbocycles. The number of nitro benzene ring substituents is 1. The highest BCUT2D eigenvalue weighted by Crippen LogP contribution is 2.26. The molecule has 7 heteroatoms. The topological polar surface area (TPSA) is 92.6 Å². The van der Waals surface area contributed by atoms with Gasteiger partial charge in [0.1, 0.15) is 6.04 Å². The van der Waals surface area contributed by atoms with E-state index in [9.17, 15) is 19.7 Å². The van der Waals surface area contributed by atoms with Crippen LogP contribution in [0.2, 0.25) is 0 Å². The summed E-state index contributed by atoms with van der Waals surface area (Å²) in [7, 11) is 0. The van der Waals surface area contributed by atoms with Crippen LogP contribution in [0.1, 0.15) is 56.0 Å². The Morgan fingerprint density at radius 2 is 1.96 bits per heavy atom. The molecule has 1 fully saturated rings. The number of piperidine rings is 1.